The monoisotopic (exact) mass is 340 g/mol. The smallest absolute Gasteiger partial charge is 0.260 e. The summed E-state index contributed by atoms with van der Waals surface area (Å²) >= 11 is 0. The second-order valence-electron chi connectivity index (χ2n) is 5.90. The number of amides is 1. The van der Waals surface area contributed by atoms with Gasteiger partial charge in [0, 0.05) is 31.9 Å². The van der Waals surface area contributed by atoms with Crippen molar-refractivity contribution in [1.82, 2.24) is 4.90 Å². The number of carbonyl (C=O) groups is 1. The summed E-state index contributed by atoms with van der Waals surface area (Å²) < 4.78 is 11.0. The molecule has 132 valence electrons. The van der Waals surface area contributed by atoms with Gasteiger partial charge in [-0.3, -0.25) is 4.79 Å². The number of hydrogen-bond acceptors (Lipinski definition) is 4. The number of rotatable bonds is 6. The lowest BCUT2D eigenvalue weighted by molar-refractivity contribution is -0.133. The van der Waals surface area contributed by atoms with Crippen LogP contribution >= 0.6 is 0 Å². The van der Waals surface area contributed by atoms with Crippen molar-refractivity contribution in [2.45, 2.75) is 6.92 Å². The standard InChI is InChI=1S/C20H24N2O3/c1-2-24-18-8-10-19(11-9-18)25-16-20(23)22-14-12-21(13-15-22)17-6-4-3-5-7-17/h3-11H,2,12-16H2,1H3. The van der Waals surface area contributed by atoms with Crippen LogP contribution in [0.3, 0.4) is 0 Å². The Morgan fingerprint density at radius 2 is 1.48 bits per heavy atom. The summed E-state index contributed by atoms with van der Waals surface area (Å²) in [6.07, 6.45) is 0. The third-order valence-corrected chi connectivity index (χ3v) is 4.25. The first-order valence-corrected chi connectivity index (χ1v) is 8.69. The highest BCUT2D eigenvalue weighted by Crippen LogP contribution is 2.18. The Morgan fingerprint density at radius 3 is 2.08 bits per heavy atom. The fourth-order valence-electron chi connectivity index (χ4n) is 2.89. The molecule has 1 saturated heterocycles. The minimum absolute atomic E-state index is 0.0293. The van der Waals surface area contributed by atoms with Crippen molar-refractivity contribution in [3.63, 3.8) is 0 Å². The van der Waals surface area contributed by atoms with E-state index >= 15 is 0 Å². The number of anilines is 1. The molecule has 1 heterocycles. The van der Waals surface area contributed by atoms with E-state index in [1.165, 1.54) is 5.69 Å². The van der Waals surface area contributed by atoms with Gasteiger partial charge in [-0.2, -0.15) is 0 Å². The van der Waals surface area contributed by atoms with Crippen LogP contribution in [0.25, 0.3) is 0 Å². The molecule has 3 rings (SSSR count). The molecule has 0 unspecified atom stereocenters. The van der Waals surface area contributed by atoms with Crippen LogP contribution in [0.2, 0.25) is 0 Å². The van der Waals surface area contributed by atoms with E-state index in [1.807, 2.05) is 54.3 Å². The summed E-state index contributed by atoms with van der Waals surface area (Å²) in [5.41, 5.74) is 1.21. The number of piperazine rings is 1. The molecule has 1 amide bonds. The predicted octanol–water partition coefficient (Wildman–Crippen LogP) is 2.81. The van der Waals surface area contributed by atoms with Gasteiger partial charge in [-0.15, -0.1) is 0 Å². The Balaban J connectivity index is 1.45. The van der Waals surface area contributed by atoms with Crippen LogP contribution in [-0.2, 0) is 4.79 Å². The van der Waals surface area contributed by atoms with Gasteiger partial charge in [-0.05, 0) is 43.3 Å². The fraction of sp³-hybridized carbons (Fsp3) is 0.350. The van der Waals surface area contributed by atoms with Crippen molar-refractivity contribution in [1.29, 1.82) is 0 Å². The van der Waals surface area contributed by atoms with Crippen LogP contribution in [0.5, 0.6) is 11.5 Å². The third kappa shape index (κ3) is 4.66. The van der Waals surface area contributed by atoms with Gasteiger partial charge in [0.25, 0.3) is 5.91 Å². The number of hydrogen-bond donors (Lipinski definition) is 0. The summed E-state index contributed by atoms with van der Waals surface area (Å²) in [6, 6.07) is 17.6. The number of carbonyl (C=O) groups excluding carboxylic acids is 1. The average molecular weight is 340 g/mol. The summed E-state index contributed by atoms with van der Waals surface area (Å²) in [5, 5.41) is 0. The van der Waals surface area contributed by atoms with Crippen LogP contribution in [0, 0.1) is 0 Å². The largest absolute Gasteiger partial charge is 0.494 e. The number of nitrogens with zero attached hydrogens (tertiary/aromatic N) is 2. The van der Waals surface area contributed by atoms with Crippen LogP contribution in [0.4, 0.5) is 5.69 Å². The molecule has 0 N–H and O–H groups in total. The lowest BCUT2D eigenvalue weighted by atomic mass is 10.2. The predicted molar refractivity (Wildman–Crippen MR) is 98.3 cm³/mol. The normalized spacial score (nSPS) is 14.3. The minimum Gasteiger partial charge on any atom is -0.494 e. The first-order chi connectivity index (χ1) is 12.3. The molecule has 5 nitrogen and oxygen atoms in total. The second kappa shape index (κ2) is 8.42. The molecule has 5 heteroatoms. The summed E-state index contributed by atoms with van der Waals surface area (Å²) in [5.74, 6) is 1.51. The molecular weight excluding hydrogens is 316 g/mol. The maximum Gasteiger partial charge on any atom is 0.260 e. The molecule has 1 aliphatic heterocycles. The van der Waals surface area contributed by atoms with Crippen molar-refractivity contribution in [3.8, 4) is 11.5 Å². The van der Waals surface area contributed by atoms with E-state index in [9.17, 15) is 4.79 Å². The van der Waals surface area contributed by atoms with Gasteiger partial charge in [0.2, 0.25) is 0 Å². The van der Waals surface area contributed by atoms with E-state index in [1.54, 1.807) is 0 Å². The van der Waals surface area contributed by atoms with Crippen LogP contribution in [0.1, 0.15) is 6.92 Å². The van der Waals surface area contributed by atoms with Gasteiger partial charge < -0.3 is 19.3 Å². The molecule has 0 spiro atoms. The maximum atomic E-state index is 12.3. The Labute approximate surface area is 148 Å². The molecule has 25 heavy (non-hydrogen) atoms. The molecule has 2 aromatic rings. The summed E-state index contributed by atoms with van der Waals surface area (Å²) in [7, 11) is 0. The Morgan fingerprint density at radius 1 is 0.880 bits per heavy atom. The van der Waals surface area contributed by atoms with Crippen molar-refractivity contribution in [2.75, 3.05) is 44.3 Å². The molecule has 1 aliphatic rings. The summed E-state index contributed by atoms with van der Waals surface area (Å²) in [6.45, 7) is 5.78. The maximum absolute atomic E-state index is 12.3. The molecule has 2 aromatic carbocycles. The van der Waals surface area contributed by atoms with Gasteiger partial charge in [-0.25, -0.2) is 0 Å². The molecule has 0 bridgehead atoms. The topological polar surface area (TPSA) is 42.0 Å². The van der Waals surface area contributed by atoms with Gasteiger partial charge >= 0.3 is 0 Å². The molecule has 0 saturated carbocycles. The first kappa shape index (κ1) is 17.1. The zero-order valence-corrected chi connectivity index (χ0v) is 14.6. The lowest BCUT2D eigenvalue weighted by Crippen LogP contribution is -2.50. The Bertz CT molecular complexity index is 665. The van der Waals surface area contributed by atoms with Crippen molar-refractivity contribution in [2.24, 2.45) is 0 Å². The van der Waals surface area contributed by atoms with Crippen LogP contribution in [0.15, 0.2) is 54.6 Å². The number of ether oxygens (including phenoxy) is 2. The van der Waals surface area contributed by atoms with E-state index < -0.39 is 0 Å². The van der Waals surface area contributed by atoms with E-state index in [2.05, 4.69) is 17.0 Å². The zero-order chi connectivity index (χ0) is 17.5. The Hall–Kier alpha value is -2.69. The number of benzene rings is 2. The lowest BCUT2D eigenvalue weighted by Gasteiger charge is -2.36. The Kier molecular flexibility index (Phi) is 5.77. The molecule has 1 fully saturated rings. The fourth-order valence-corrected chi connectivity index (χ4v) is 2.89. The van der Waals surface area contributed by atoms with Crippen LogP contribution in [-0.4, -0.2) is 50.2 Å². The average Bonchev–Trinajstić information content (AvgIpc) is 2.68. The highest BCUT2D eigenvalue weighted by Gasteiger charge is 2.21. The molecule has 0 atom stereocenters. The minimum atomic E-state index is 0.0293. The van der Waals surface area contributed by atoms with E-state index in [-0.39, 0.29) is 12.5 Å². The van der Waals surface area contributed by atoms with E-state index in [4.69, 9.17) is 9.47 Å². The van der Waals surface area contributed by atoms with E-state index in [0.717, 1.165) is 31.9 Å². The zero-order valence-electron chi connectivity index (χ0n) is 14.6. The first-order valence-electron chi connectivity index (χ1n) is 8.69. The molecule has 0 aliphatic carbocycles. The van der Waals surface area contributed by atoms with Crippen LogP contribution < -0.4 is 14.4 Å². The molecular formula is C20H24N2O3. The van der Waals surface area contributed by atoms with Gasteiger partial charge in [-0.1, -0.05) is 18.2 Å². The van der Waals surface area contributed by atoms with Gasteiger partial charge in [0.1, 0.15) is 11.5 Å². The van der Waals surface area contributed by atoms with Gasteiger partial charge in [0.05, 0.1) is 6.61 Å². The SMILES string of the molecule is CCOc1ccc(OCC(=O)N2CCN(c3ccccc3)CC2)cc1. The molecule has 0 radical (unpaired) electrons. The molecule has 0 aromatic heterocycles. The van der Waals surface area contributed by atoms with Crippen molar-refractivity contribution >= 4 is 11.6 Å². The van der Waals surface area contributed by atoms with Gasteiger partial charge in [0.15, 0.2) is 6.61 Å². The second-order valence-corrected chi connectivity index (χ2v) is 5.90. The van der Waals surface area contributed by atoms with Crippen molar-refractivity contribution < 1.29 is 14.3 Å². The van der Waals surface area contributed by atoms with E-state index in [0.29, 0.717) is 12.4 Å². The van der Waals surface area contributed by atoms with Crippen molar-refractivity contribution in [3.05, 3.63) is 54.6 Å². The highest BCUT2D eigenvalue weighted by molar-refractivity contribution is 5.78. The quantitative estimate of drug-likeness (QED) is 0.811. The third-order valence-electron chi connectivity index (χ3n) is 4.25. The highest BCUT2D eigenvalue weighted by atomic mass is 16.5. The number of para-hydroxylation sites is 1. The summed E-state index contributed by atoms with van der Waals surface area (Å²) in [4.78, 5) is 16.5.